The number of carbonyl (C=O) groups excluding carboxylic acids is 13. The third-order valence-electron chi connectivity index (χ3n) is 22.7. The van der Waals surface area contributed by atoms with Gasteiger partial charge < -0.3 is 70.1 Å². The Kier molecular flexibility index (Phi) is 33.6. The Hall–Kier alpha value is -7.63. The molecule has 4 N–H and O–H groups in total. The van der Waals surface area contributed by atoms with Crippen molar-refractivity contribution < 1.29 is 80.2 Å². The fourth-order valence-electron chi connectivity index (χ4n) is 15.8. The van der Waals surface area contributed by atoms with Gasteiger partial charge in [-0.25, -0.2) is 0 Å². The van der Waals surface area contributed by atoms with Gasteiger partial charge in [-0.3, -0.25) is 62.3 Å². The van der Waals surface area contributed by atoms with Gasteiger partial charge in [-0.15, -0.1) is 0 Å². The van der Waals surface area contributed by atoms with Crippen LogP contribution in [0.1, 0.15) is 201 Å². The lowest BCUT2D eigenvalue weighted by molar-refractivity contribution is -0.157. The van der Waals surface area contributed by atoms with Crippen LogP contribution in [0.25, 0.3) is 0 Å². The Bertz CT molecular complexity index is 3370. The zero-order valence-corrected chi connectivity index (χ0v) is 67.8. The molecule has 8 atom stereocenters. The molecule has 2 saturated heterocycles. The fourth-order valence-corrected chi connectivity index (χ4v) is 16.1. The number of carbonyl (C=O) groups is 13. The van der Waals surface area contributed by atoms with E-state index in [0.717, 1.165) is 76.7 Å². The van der Waals surface area contributed by atoms with Crippen LogP contribution in [0.5, 0.6) is 0 Å². The number of piperidine rings is 1. The van der Waals surface area contributed by atoms with Gasteiger partial charge in [0.2, 0.25) is 76.8 Å². The minimum atomic E-state index is -4.81. The average molecular weight is 1560 g/mol. The second-order valence-corrected chi connectivity index (χ2v) is 33.2. The maximum Gasteiger partial charge on any atom is 0.417 e. The number of halogens is 4. The molecule has 1 aromatic rings. The molecule has 27 nitrogen and oxygen atoms in total. The molecule has 1 spiro atoms. The van der Waals surface area contributed by atoms with E-state index in [1.807, 2.05) is 20.8 Å². The molecule has 5 aliphatic rings. The van der Waals surface area contributed by atoms with Crippen molar-refractivity contribution in [3.8, 4) is 0 Å². The quantitative estimate of drug-likeness (QED) is 0.152. The van der Waals surface area contributed by atoms with E-state index >= 15 is 28.8 Å². The van der Waals surface area contributed by atoms with Crippen LogP contribution in [0.3, 0.4) is 0 Å². The van der Waals surface area contributed by atoms with Crippen LogP contribution >= 0.6 is 11.6 Å². The van der Waals surface area contributed by atoms with E-state index in [0.29, 0.717) is 70.9 Å². The molecule has 5 fully saturated rings. The molecule has 109 heavy (non-hydrogen) atoms. The van der Waals surface area contributed by atoms with Gasteiger partial charge in [0.05, 0.1) is 43.2 Å². The number of nitrogens with zero attached hydrogens (tertiary/aromatic N) is 9. The Morgan fingerprint density at radius 2 is 1.21 bits per heavy atom. The summed E-state index contributed by atoms with van der Waals surface area (Å²) in [6.07, 6.45) is 5.24. The number of alkyl halides is 3. The SMILES string of the molecule is CC[C@H](C)[C@@H]1NC(=O)[C@H](CC(C)C)N(C)C(=O)C[C@@H](C(=O)N2CCCCC2)N(C)C(=O)[C@H](C2CCCCC2)N(C)C(=O)C2(CCCC2)NC(=O)[C@H](COCC(=O)NC(C)(C)C)N(C)C(=O)[C@H](CCc2ccc(C(F)(F)F)c(Cl)c2)NC(=O)CN(C)C(=O)[C@H](CC2CCCCC2)N(C)C(=O)CN(C)C(=O)CN(C)C1=O. The van der Waals surface area contributed by atoms with Crippen LogP contribution in [0.2, 0.25) is 5.02 Å². The monoisotopic (exact) mass is 1560 g/mol. The highest BCUT2D eigenvalue weighted by Crippen LogP contribution is 2.38. The van der Waals surface area contributed by atoms with Crippen LogP contribution in [0, 0.1) is 23.7 Å². The number of aryl methyl sites for hydroxylation is 1. The molecule has 0 unspecified atom stereocenters. The Morgan fingerprint density at radius 3 is 1.79 bits per heavy atom. The fraction of sp³-hybridized carbons (Fsp3) is 0.756. The van der Waals surface area contributed by atoms with Crippen LogP contribution in [-0.2, 0) is 79.7 Å². The van der Waals surface area contributed by atoms with Gasteiger partial charge >= 0.3 is 6.18 Å². The van der Waals surface area contributed by atoms with Crippen molar-refractivity contribution in [3.05, 3.63) is 34.3 Å². The van der Waals surface area contributed by atoms with E-state index < -0.39 is 198 Å². The highest BCUT2D eigenvalue weighted by atomic mass is 35.5. The summed E-state index contributed by atoms with van der Waals surface area (Å²) in [7, 11) is 11.1. The van der Waals surface area contributed by atoms with E-state index in [-0.39, 0.29) is 55.9 Å². The molecular formula is C78H123ClF3N13O14. The average Bonchev–Trinajstić information content (AvgIpc) is 1.58. The zero-order chi connectivity index (χ0) is 81.2. The van der Waals surface area contributed by atoms with Crippen molar-refractivity contribution in [1.82, 2.24) is 65.4 Å². The van der Waals surface area contributed by atoms with Crippen molar-refractivity contribution in [2.45, 2.75) is 256 Å². The number of likely N-dealkylation sites (N-methyl/N-ethyl adjacent to an activating group) is 8. The largest absolute Gasteiger partial charge is 0.417 e. The van der Waals surface area contributed by atoms with Gasteiger partial charge in [0.15, 0.2) is 0 Å². The predicted molar refractivity (Wildman–Crippen MR) is 404 cm³/mol. The van der Waals surface area contributed by atoms with Gasteiger partial charge in [-0.2, -0.15) is 13.2 Å². The molecule has 1 aromatic carbocycles. The third-order valence-corrected chi connectivity index (χ3v) is 23.0. The van der Waals surface area contributed by atoms with E-state index in [1.54, 1.807) is 32.6 Å². The number of nitrogens with one attached hydrogen (secondary N) is 4. The first kappa shape index (κ1) is 90.3. The maximum atomic E-state index is 16.0. The Labute approximate surface area is 647 Å². The molecular weight excluding hydrogens is 1440 g/mol. The number of likely N-dealkylation sites (tertiary alicyclic amines) is 1. The number of benzene rings is 1. The zero-order valence-electron chi connectivity index (χ0n) is 67.0. The summed E-state index contributed by atoms with van der Waals surface area (Å²) in [6.45, 7) is 10.1. The lowest BCUT2D eigenvalue weighted by Crippen LogP contribution is -2.66. The summed E-state index contributed by atoms with van der Waals surface area (Å²) < 4.78 is 48.0. The van der Waals surface area contributed by atoms with E-state index in [2.05, 4.69) is 21.3 Å². The number of rotatable bonds is 15. The van der Waals surface area contributed by atoms with Gasteiger partial charge in [0, 0.05) is 75.0 Å². The van der Waals surface area contributed by atoms with Crippen LogP contribution in [0.15, 0.2) is 18.2 Å². The number of amides is 13. The molecule has 31 heteroatoms. The Balaban J connectivity index is 1.50. The molecule has 3 aliphatic carbocycles. The van der Waals surface area contributed by atoms with Crippen molar-refractivity contribution in [3.63, 3.8) is 0 Å². The van der Waals surface area contributed by atoms with Crippen molar-refractivity contribution in [1.29, 1.82) is 0 Å². The first-order valence-corrected chi connectivity index (χ1v) is 39.5. The van der Waals surface area contributed by atoms with Gasteiger partial charge in [-0.05, 0) is 133 Å². The number of hydrogen-bond acceptors (Lipinski definition) is 14. The van der Waals surface area contributed by atoms with Crippen LogP contribution in [0.4, 0.5) is 13.2 Å². The molecule has 13 amide bonds. The molecule has 6 rings (SSSR count). The number of ether oxygens (including phenoxy) is 1. The molecule has 0 aromatic heterocycles. The summed E-state index contributed by atoms with van der Waals surface area (Å²) >= 11 is 6.20. The van der Waals surface area contributed by atoms with Crippen LogP contribution in [-0.4, -0.2) is 277 Å². The van der Waals surface area contributed by atoms with E-state index in [1.165, 1.54) is 82.0 Å². The normalized spacial score (nSPS) is 25.3. The predicted octanol–water partition coefficient (Wildman–Crippen LogP) is 6.19. The molecule has 0 bridgehead atoms. The summed E-state index contributed by atoms with van der Waals surface area (Å²) in [5, 5.41) is 10.8. The molecule has 2 aliphatic heterocycles. The summed E-state index contributed by atoms with van der Waals surface area (Å²) in [5.74, 6) is -10.5. The first-order chi connectivity index (χ1) is 51.1. The highest BCUT2D eigenvalue weighted by molar-refractivity contribution is 6.31. The van der Waals surface area contributed by atoms with E-state index in [9.17, 15) is 46.7 Å². The van der Waals surface area contributed by atoms with Gasteiger partial charge in [-0.1, -0.05) is 116 Å². The minimum Gasteiger partial charge on any atom is -0.369 e. The second-order valence-electron chi connectivity index (χ2n) is 32.8. The summed E-state index contributed by atoms with van der Waals surface area (Å²) in [4.78, 5) is 206. The van der Waals surface area contributed by atoms with Crippen molar-refractivity contribution >= 4 is 88.4 Å². The minimum absolute atomic E-state index is 0.0247. The molecule has 3 saturated carbocycles. The highest BCUT2D eigenvalue weighted by Gasteiger charge is 2.51. The Morgan fingerprint density at radius 1 is 0.633 bits per heavy atom. The topological polar surface area (TPSA) is 308 Å². The summed E-state index contributed by atoms with van der Waals surface area (Å²) in [6, 6.07) is -6.64. The third kappa shape index (κ3) is 24.9. The molecule has 0 radical (unpaired) electrons. The molecule has 612 valence electrons. The maximum absolute atomic E-state index is 16.0. The van der Waals surface area contributed by atoms with E-state index in [4.69, 9.17) is 16.3 Å². The summed E-state index contributed by atoms with van der Waals surface area (Å²) in [5.41, 5.74) is -3.37. The smallest absolute Gasteiger partial charge is 0.369 e. The first-order valence-electron chi connectivity index (χ1n) is 39.1. The lowest BCUT2D eigenvalue weighted by Gasteiger charge is -2.43. The van der Waals surface area contributed by atoms with Crippen LogP contribution < -0.4 is 21.3 Å². The molecule has 2 heterocycles. The standard InChI is InChI=1S/C78H123ClF3N13O14/c1-16-50(4)66-73(106)89(10)45-64(99)87(8)46-65(100)91(12)58(42-51-28-20-17-21-29-51)71(104)88(9)44-61(96)83-56(35-33-52-32-34-54(55(79)41-52)78(80,81)82)70(103)93(14)60(47-109-48-62(97)85-76(5,6)7)69(102)86-77(36-24-25-37-77)75(108)94(15)67(53-30-22-18-23-31-53)74(107)92(13)59(72(105)95-38-26-19-27-39-95)43-63(98)90(11)57(40-49(2)3)68(101)84-66/h32,34,41,49-51,53,56-60,66-67H,16-31,33,35-40,42-48H2,1-15H3,(H,83,96)(H,84,101)(H,85,97)(H,86,102)/t50-,56-,57-,58-,59-,60-,66-,67-/m0/s1. The van der Waals surface area contributed by atoms with Gasteiger partial charge in [0.1, 0.15) is 54.4 Å². The number of hydrogen-bond donors (Lipinski definition) is 4. The van der Waals surface area contributed by atoms with Crippen molar-refractivity contribution in [2.75, 3.05) is 102 Å². The van der Waals surface area contributed by atoms with Crippen molar-refractivity contribution in [2.24, 2.45) is 23.7 Å². The van der Waals surface area contributed by atoms with Gasteiger partial charge in [0.25, 0.3) is 0 Å². The second kappa shape index (κ2) is 40.5. The lowest BCUT2D eigenvalue weighted by atomic mass is 9.81.